The fourth-order valence-corrected chi connectivity index (χ4v) is 4.93. The number of hydrogen-bond donors (Lipinski definition) is 1. The number of anilines is 1. The van der Waals surface area contributed by atoms with Gasteiger partial charge >= 0.3 is 0 Å². The topological polar surface area (TPSA) is 113 Å². The number of carbonyl (C=O) groups is 1. The summed E-state index contributed by atoms with van der Waals surface area (Å²) in [6.07, 6.45) is 5.85. The molecule has 0 aliphatic heterocycles. The lowest BCUT2D eigenvalue weighted by molar-refractivity contribution is -0.117. The van der Waals surface area contributed by atoms with E-state index < -0.39 is 8.07 Å². The van der Waals surface area contributed by atoms with E-state index in [1.165, 1.54) is 10.8 Å². The van der Waals surface area contributed by atoms with Gasteiger partial charge in [-0.25, -0.2) is 14.5 Å². The Hall–Kier alpha value is -3.57. The summed E-state index contributed by atoms with van der Waals surface area (Å²) in [5.41, 5.74) is 1.06. The van der Waals surface area contributed by atoms with Crippen molar-refractivity contribution >= 4 is 36.2 Å². The number of ether oxygens (including phenoxy) is 2. The lowest BCUT2D eigenvalue weighted by Crippen LogP contribution is -2.25. The number of carbonyl (C=O) groups excluding carboxylic acids is 1. The van der Waals surface area contributed by atoms with Gasteiger partial charge in [0.1, 0.15) is 18.3 Å². The molecule has 1 aliphatic carbocycles. The van der Waals surface area contributed by atoms with E-state index in [-0.39, 0.29) is 24.1 Å². The minimum Gasteiger partial charge on any atom is -0.495 e. The second kappa shape index (κ2) is 9.71. The third-order valence-electron chi connectivity index (χ3n) is 6.68. The van der Waals surface area contributed by atoms with Gasteiger partial charge in [-0.1, -0.05) is 26.6 Å². The molecule has 4 aromatic heterocycles. The second-order valence-electron chi connectivity index (χ2n) is 10.9. The van der Waals surface area contributed by atoms with Crippen LogP contribution in [0.5, 0.6) is 5.75 Å². The average molecular weight is 521 g/mol. The monoisotopic (exact) mass is 520 g/mol. The fraction of sp³-hybridized carbons (Fsp3) is 0.423. The van der Waals surface area contributed by atoms with Gasteiger partial charge in [-0.05, 0) is 36.6 Å². The van der Waals surface area contributed by atoms with Crippen molar-refractivity contribution in [2.24, 2.45) is 11.8 Å². The Morgan fingerprint density at radius 1 is 1.22 bits per heavy atom. The Kier molecular flexibility index (Phi) is 6.59. The molecule has 1 N–H and O–H groups in total. The van der Waals surface area contributed by atoms with Crippen molar-refractivity contribution in [3.05, 3.63) is 47.1 Å². The van der Waals surface area contributed by atoms with Crippen LogP contribution in [-0.4, -0.2) is 51.8 Å². The Labute approximate surface area is 215 Å². The highest BCUT2D eigenvalue weighted by molar-refractivity contribution is 6.76. The van der Waals surface area contributed by atoms with Crippen molar-refractivity contribution in [1.82, 2.24) is 24.1 Å². The van der Waals surface area contributed by atoms with E-state index >= 15 is 0 Å². The molecule has 1 saturated carbocycles. The van der Waals surface area contributed by atoms with Gasteiger partial charge in [-0.3, -0.25) is 14.2 Å². The summed E-state index contributed by atoms with van der Waals surface area (Å²) in [4.78, 5) is 34.9. The molecule has 0 spiro atoms. The van der Waals surface area contributed by atoms with Gasteiger partial charge in [0.25, 0.3) is 5.56 Å². The van der Waals surface area contributed by atoms with E-state index in [0.29, 0.717) is 51.9 Å². The molecule has 4 heterocycles. The lowest BCUT2D eigenvalue weighted by atomic mass is 10.1. The minimum atomic E-state index is -1.26. The van der Waals surface area contributed by atoms with Crippen LogP contribution in [0.3, 0.4) is 0 Å². The van der Waals surface area contributed by atoms with Gasteiger partial charge in [-0.2, -0.15) is 0 Å². The average Bonchev–Trinajstić information content (AvgIpc) is 3.44. The number of fused-ring (bicyclic) bond motifs is 2. The number of pyridine rings is 3. The maximum Gasteiger partial charge on any atom is 0.261 e. The molecular weight excluding hydrogens is 488 g/mol. The van der Waals surface area contributed by atoms with Gasteiger partial charge in [0.15, 0.2) is 11.5 Å². The summed E-state index contributed by atoms with van der Waals surface area (Å²) in [5, 5.41) is 8.56. The molecule has 1 fully saturated rings. The summed E-state index contributed by atoms with van der Waals surface area (Å²) in [6, 6.07) is 6.36. The van der Waals surface area contributed by atoms with Gasteiger partial charge in [0.05, 0.1) is 18.7 Å². The minimum absolute atomic E-state index is 0.00774. The van der Waals surface area contributed by atoms with Crippen molar-refractivity contribution in [1.29, 1.82) is 0 Å². The van der Waals surface area contributed by atoms with E-state index in [4.69, 9.17) is 9.47 Å². The Morgan fingerprint density at radius 2 is 2.00 bits per heavy atom. The lowest BCUT2D eigenvalue weighted by Gasteiger charge is -2.16. The first-order valence-electron chi connectivity index (χ1n) is 12.5. The van der Waals surface area contributed by atoms with Gasteiger partial charge in [-0.15, -0.1) is 5.10 Å². The number of nitrogens with zero attached hydrogens (tertiary/aromatic N) is 5. The molecule has 10 nitrogen and oxygen atoms in total. The molecule has 1 amide bonds. The molecule has 4 aromatic rings. The first kappa shape index (κ1) is 25.1. The van der Waals surface area contributed by atoms with Crippen LogP contribution in [0.1, 0.15) is 13.3 Å². The summed E-state index contributed by atoms with van der Waals surface area (Å²) < 4.78 is 14.4. The molecule has 0 saturated heterocycles. The zero-order valence-electron chi connectivity index (χ0n) is 21.8. The summed E-state index contributed by atoms with van der Waals surface area (Å²) in [5.74, 6) is 1.82. The highest BCUT2D eigenvalue weighted by Crippen LogP contribution is 2.38. The zero-order chi connectivity index (χ0) is 26.3. The molecule has 0 radical (unpaired) electrons. The number of hydrogen-bond acceptors (Lipinski definition) is 7. The number of aromatic nitrogens is 5. The molecule has 0 bridgehead atoms. The van der Waals surface area contributed by atoms with Crippen LogP contribution in [0.4, 0.5) is 5.82 Å². The molecule has 37 heavy (non-hydrogen) atoms. The maximum atomic E-state index is 13.4. The molecule has 1 aliphatic rings. The van der Waals surface area contributed by atoms with Crippen LogP contribution >= 0.6 is 0 Å². The van der Waals surface area contributed by atoms with Crippen LogP contribution in [0.15, 0.2) is 41.6 Å². The Bertz CT molecular complexity index is 1540. The molecular formula is C26H32N6O4Si. The Morgan fingerprint density at radius 3 is 2.70 bits per heavy atom. The highest BCUT2D eigenvalue weighted by Gasteiger charge is 2.39. The highest BCUT2D eigenvalue weighted by atomic mass is 28.3. The van der Waals surface area contributed by atoms with Crippen LogP contribution in [0.2, 0.25) is 25.7 Å². The Balaban J connectivity index is 1.56. The molecule has 11 heteroatoms. The third kappa shape index (κ3) is 5.42. The van der Waals surface area contributed by atoms with Crippen LogP contribution in [0, 0.1) is 11.8 Å². The molecule has 5 rings (SSSR count). The van der Waals surface area contributed by atoms with Crippen molar-refractivity contribution in [2.75, 3.05) is 19.0 Å². The second-order valence-corrected chi connectivity index (χ2v) is 16.5. The van der Waals surface area contributed by atoms with E-state index in [0.717, 1.165) is 12.5 Å². The van der Waals surface area contributed by atoms with Crippen molar-refractivity contribution in [3.63, 3.8) is 0 Å². The number of nitrogens with one attached hydrogen (secondary N) is 1. The molecule has 0 aromatic carbocycles. The third-order valence-corrected chi connectivity index (χ3v) is 8.38. The van der Waals surface area contributed by atoms with Gasteiger partial charge in [0, 0.05) is 43.9 Å². The first-order valence-corrected chi connectivity index (χ1v) is 16.2. The van der Waals surface area contributed by atoms with E-state index in [1.807, 2.05) is 12.1 Å². The number of methoxy groups -OCH3 is 1. The standard InChI is InChI=1S/C26H32N6O4Si/c1-16-10-18(16)25(33)28-22-11-19-20(12-27-22)26(34)31(15-36-8-9-37(3,4)5)14-21(19)24-29-23-7-6-17(35-2)13-32(23)30-24/h6-7,11-14,16,18H,8-10,15H2,1-5H3,(H,27,28,33)/t16-,18+/m1/s1. The SMILES string of the molecule is COc1ccc2nc(-c3cn(COCC[Si](C)(C)C)c(=O)c4cnc(NC(=O)[C@H]5C[C@H]5C)cc34)nn2c1. The number of rotatable bonds is 9. The molecule has 0 unspecified atom stereocenters. The van der Waals surface area contributed by atoms with E-state index in [1.54, 1.807) is 30.1 Å². The summed E-state index contributed by atoms with van der Waals surface area (Å²) >= 11 is 0. The summed E-state index contributed by atoms with van der Waals surface area (Å²) in [6.45, 7) is 9.61. The summed E-state index contributed by atoms with van der Waals surface area (Å²) in [7, 11) is 0.332. The van der Waals surface area contributed by atoms with E-state index in [9.17, 15) is 9.59 Å². The molecule has 2 atom stereocenters. The first-order chi connectivity index (χ1) is 17.6. The van der Waals surface area contributed by atoms with Crippen molar-refractivity contribution < 1.29 is 14.3 Å². The zero-order valence-corrected chi connectivity index (χ0v) is 22.8. The fourth-order valence-electron chi connectivity index (χ4n) is 4.18. The quantitative estimate of drug-likeness (QED) is 0.262. The van der Waals surface area contributed by atoms with Crippen LogP contribution in [0.25, 0.3) is 27.8 Å². The van der Waals surface area contributed by atoms with E-state index in [2.05, 4.69) is 46.9 Å². The number of amides is 1. The largest absolute Gasteiger partial charge is 0.495 e. The predicted molar refractivity (Wildman–Crippen MR) is 145 cm³/mol. The molecule has 194 valence electrons. The van der Waals surface area contributed by atoms with Gasteiger partial charge < -0.3 is 14.8 Å². The van der Waals surface area contributed by atoms with Crippen molar-refractivity contribution in [3.8, 4) is 17.1 Å². The maximum absolute atomic E-state index is 13.4. The van der Waals surface area contributed by atoms with Crippen LogP contribution in [-0.2, 0) is 16.3 Å². The van der Waals surface area contributed by atoms with Crippen LogP contribution < -0.4 is 15.6 Å². The predicted octanol–water partition coefficient (Wildman–Crippen LogP) is 4.02. The smallest absolute Gasteiger partial charge is 0.261 e. The van der Waals surface area contributed by atoms with Gasteiger partial charge in [0.2, 0.25) is 5.91 Å². The van der Waals surface area contributed by atoms with Crippen molar-refractivity contribution in [2.45, 2.75) is 45.8 Å². The normalized spacial score (nSPS) is 17.3.